The van der Waals surface area contributed by atoms with Crippen LogP contribution in [0, 0.1) is 11.8 Å². The van der Waals surface area contributed by atoms with Crippen molar-refractivity contribution in [3.05, 3.63) is 34.9 Å². The van der Waals surface area contributed by atoms with Crippen molar-refractivity contribution in [2.45, 2.75) is 38.1 Å². The lowest BCUT2D eigenvalue weighted by Gasteiger charge is -2.39. The first-order valence-corrected chi connectivity index (χ1v) is 7.99. The van der Waals surface area contributed by atoms with E-state index in [1.807, 2.05) is 6.92 Å². The summed E-state index contributed by atoms with van der Waals surface area (Å²) in [6.07, 6.45) is -3.85. The third-order valence-corrected chi connectivity index (χ3v) is 4.92. The lowest BCUT2D eigenvalue weighted by Crippen LogP contribution is -2.61. The highest BCUT2D eigenvalue weighted by Gasteiger charge is 2.68. The Hall–Kier alpha value is -1.60. The molecule has 3 atom stereocenters. The highest BCUT2D eigenvalue weighted by atomic mass is 35.5. The standard InChI is InChI=1S/C16H16ClF3N2O2/c1-9-2-7-13-12(8-9)15(24,16(18,19)20)22(21-13)14(23)10-3-5-11(17)6-4-10/h3-6,9,12,24H,2,7-8H2,1H3/t9-,12-,15+/m1/s1. The molecule has 1 fully saturated rings. The summed E-state index contributed by atoms with van der Waals surface area (Å²) in [4.78, 5) is 12.6. The van der Waals surface area contributed by atoms with Gasteiger partial charge in [0.15, 0.2) is 0 Å². The van der Waals surface area contributed by atoms with Gasteiger partial charge in [0.1, 0.15) is 0 Å². The molecular formula is C16H16ClF3N2O2. The lowest BCUT2D eigenvalue weighted by atomic mass is 9.76. The Labute approximate surface area is 141 Å². The van der Waals surface area contributed by atoms with E-state index in [2.05, 4.69) is 5.10 Å². The highest BCUT2D eigenvalue weighted by molar-refractivity contribution is 6.30. The molecule has 0 radical (unpaired) electrons. The van der Waals surface area contributed by atoms with E-state index in [0.29, 0.717) is 17.9 Å². The summed E-state index contributed by atoms with van der Waals surface area (Å²) in [7, 11) is 0. The SMILES string of the molecule is C[C@@H]1CCC2=NN(C(=O)c3ccc(Cl)cc3)[C@@](O)(C(F)(F)F)[C@@H]2C1. The van der Waals surface area contributed by atoms with Crippen molar-refractivity contribution >= 4 is 23.2 Å². The number of rotatable bonds is 1. The first-order valence-electron chi connectivity index (χ1n) is 7.61. The Kier molecular flexibility index (Phi) is 4.12. The van der Waals surface area contributed by atoms with Crippen LogP contribution in [0.4, 0.5) is 13.2 Å². The summed E-state index contributed by atoms with van der Waals surface area (Å²) in [5.74, 6) is -2.20. The molecule has 0 saturated heterocycles. The number of fused-ring (bicyclic) bond motifs is 1. The second kappa shape index (κ2) is 5.74. The van der Waals surface area contributed by atoms with Gasteiger partial charge in [0, 0.05) is 16.3 Å². The van der Waals surface area contributed by atoms with Gasteiger partial charge in [0.05, 0.1) is 5.92 Å². The Morgan fingerprint density at radius 1 is 1.38 bits per heavy atom. The summed E-state index contributed by atoms with van der Waals surface area (Å²) >= 11 is 5.74. The Morgan fingerprint density at radius 3 is 2.58 bits per heavy atom. The average molecular weight is 361 g/mol. The van der Waals surface area contributed by atoms with Gasteiger partial charge in [-0.3, -0.25) is 4.79 Å². The predicted molar refractivity (Wildman–Crippen MR) is 82.6 cm³/mol. The number of amides is 1. The summed E-state index contributed by atoms with van der Waals surface area (Å²) in [5.41, 5.74) is -3.10. The molecule has 2 aliphatic rings. The van der Waals surface area contributed by atoms with Crippen molar-refractivity contribution in [1.82, 2.24) is 5.01 Å². The largest absolute Gasteiger partial charge is 0.439 e. The van der Waals surface area contributed by atoms with Crippen molar-refractivity contribution in [2.24, 2.45) is 16.9 Å². The van der Waals surface area contributed by atoms with Crippen LogP contribution in [0.5, 0.6) is 0 Å². The van der Waals surface area contributed by atoms with E-state index >= 15 is 0 Å². The van der Waals surface area contributed by atoms with Gasteiger partial charge in [0.2, 0.25) is 0 Å². The van der Waals surface area contributed by atoms with Crippen LogP contribution in [0.2, 0.25) is 5.02 Å². The zero-order chi connectivity index (χ0) is 17.7. The maximum atomic E-state index is 13.7. The van der Waals surface area contributed by atoms with Crippen LogP contribution in [0.15, 0.2) is 29.4 Å². The molecule has 0 bridgehead atoms. The molecule has 4 nitrogen and oxygen atoms in total. The molecule has 0 aromatic heterocycles. The maximum Gasteiger partial charge on any atom is 0.439 e. The molecule has 3 rings (SSSR count). The minimum Gasteiger partial charge on any atom is -0.362 e. The van der Waals surface area contributed by atoms with Gasteiger partial charge in [-0.2, -0.15) is 23.3 Å². The highest BCUT2D eigenvalue weighted by Crippen LogP contribution is 2.49. The van der Waals surface area contributed by atoms with E-state index in [0.717, 1.165) is 0 Å². The van der Waals surface area contributed by atoms with E-state index in [-0.39, 0.29) is 28.6 Å². The topological polar surface area (TPSA) is 52.9 Å². The quantitative estimate of drug-likeness (QED) is 0.827. The summed E-state index contributed by atoms with van der Waals surface area (Å²) in [5, 5.41) is 14.9. The van der Waals surface area contributed by atoms with Crippen molar-refractivity contribution in [3.63, 3.8) is 0 Å². The number of benzene rings is 1. The molecule has 1 aromatic rings. The summed E-state index contributed by atoms with van der Waals surface area (Å²) in [6, 6.07) is 5.43. The smallest absolute Gasteiger partial charge is 0.362 e. The van der Waals surface area contributed by atoms with Crippen LogP contribution in [0.1, 0.15) is 36.5 Å². The van der Waals surface area contributed by atoms with E-state index < -0.39 is 23.7 Å². The Balaban J connectivity index is 2.03. The number of hydrogen-bond acceptors (Lipinski definition) is 3. The molecule has 1 heterocycles. The van der Waals surface area contributed by atoms with Crippen molar-refractivity contribution in [3.8, 4) is 0 Å². The molecule has 0 spiro atoms. The fraction of sp³-hybridized carbons (Fsp3) is 0.500. The van der Waals surface area contributed by atoms with Crippen LogP contribution in [0.3, 0.4) is 0 Å². The normalized spacial score (nSPS) is 30.1. The third-order valence-electron chi connectivity index (χ3n) is 4.67. The van der Waals surface area contributed by atoms with Gasteiger partial charge >= 0.3 is 6.18 Å². The number of carbonyl (C=O) groups is 1. The van der Waals surface area contributed by atoms with E-state index in [1.165, 1.54) is 24.3 Å². The number of aliphatic hydroxyl groups is 1. The van der Waals surface area contributed by atoms with Gasteiger partial charge in [-0.05, 0) is 49.4 Å². The van der Waals surface area contributed by atoms with Crippen LogP contribution >= 0.6 is 11.6 Å². The van der Waals surface area contributed by atoms with Gasteiger partial charge in [-0.1, -0.05) is 18.5 Å². The molecule has 8 heteroatoms. The zero-order valence-corrected chi connectivity index (χ0v) is 13.6. The van der Waals surface area contributed by atoms with Crippen LogP contribution < -0.4 is 0 Å². The number of alkyl halides is 3. The molecule has 1 amide bonds. The molecule has 1 saturated carbocycles. The minimum absolute atomic E-state index is 0.0156. The fourth-order valence-corrected chi connectivity index (χ4v) is 3.45. The van der Waals surface area contributed by atoms with Crippen molar-refractivity contribution in [1.29, 1.82) is 0 Å². The number of halogens is 4. The molecule has 130 valence electrons. The van der Waals surface area contributed by atoms with Crippen LogP contribution in [-0.4, -0.2) is 33.6 Å². The molecule has 24 heavy (non-hydrogen) atoms. The number of carbonyl (C=O) groups excluding carboxylic acids is 1. The van der Waals surface area contributed by atoms with E-state index in [4.69, 9.17) is 11.6 Å². The second-order valence-electron chi connectivity index (χ2n) is 6.37. The molecule has 1 N–H and O–H groups in total. The molecular weight excluding hydrogens is 345 g/mol. The predicted octanol–water partition coefficient (Wildman–Crippen LogP) is 3.84. The number of nitrogens with zero attached hydrogens (tertiary/aromatic N) is 2. The van der Waals surface area contributed by atoms with Crippen molar-refractivity contribution < 1.29 is 23.1 Å². The van der Waals surface area contributed by atoms with Gasteiger partial charge in [-0.15, -0.1) is 0 Å². The summed E-state index contributed by atoms with van der Waals surface area (Å²) < 4.78 is 41.1. The third kappa shape index (κ3) is 2.59. The monoisotopic (exact) mass is 360 g/mol. The van der Waals surface area contributed by atoms with Crippen LogP contribution in [-0.2, 0) is 0 Å². The molecule has 0 unspecified atom stereocenters. The van der Waals surface area contributed by atoms with Crippen LogP contribution in [0.25, 0.3) is 0 Å². The first kappa shape index (κ1) is 17.2. The number of hydrazone groups is 1. The molecule has 1 aromatic carbocycles. The lowest BCUT2D eigenvalue weighted by molar-refractivity contribution is -0.313. The van der Waals surface area contributed by atoms with Gasteiger partial charge < -0.3 is 5.11 Å². The van der Waals surface area contributed by atoms with Gasteiger partial charge in [-0.25, -0.2) is 0 Å². The molecule has 1 aliphatic carbocycles. The zero-order valence-electron chi connectivity index (χ0n) is 12.8. The van der Waals surface area contributed by atoms with Crippen molar-refractivity contribution in [2.75, 3.05) is 0 Å². The number of hydrogen-bond donors (Lipinski definition) is 1. The minimum atomic E-state index is -5.01. The summed E-state index contributed by atoms with van der Waals surface area (Å²) in [6.45, 7) is 1.83. The average Bonchev–Trinajstić information content (AvgIpc) is 2.81. The first-order chi connectivity index (χ1) is 11.1. The maximum absolute atomic E-state index is 13.7. The van der Waals surface area contributed by atoms with E-state index in [1.54, 1.807) is 0 Å². The van der Waals surface area contributed by atoms with Gasteiger partial charge in [0.25, 0.3) is 11.6 Å². The second-order valence-corrected chi connectivity index (χ2v) is 6.81. The fourth-order valence-electron chi connectivity index (χ4n) is 3.33. The Bertz CT molecular complexity index is 690. The van der Waals surface area contributed by atoms with E-state index in [9.17, 15) is 23.1 Å². The molecule has 1 aliphatic heterocycles. The Morgan fingerprint density at radius 2 is 2.00 bits per heavy atom.